The lowest BCUT2D eigenvalue weighted by molar-refractivity contribution is 0.0620. The van der Waals surface area contributed by atoms with Gasteiger partial charge in [-0.15, -0.1) is 0 Å². The molecule has 1 aliphatic rings. The maximum absolute atomic E-state index is 13.4. The Labute approximate surface area is 124 Å². The molecule has 0 unspecified atom stereocenters. The van der Waals surface area contributed by atoms with Crippen LogP contribution in [0.1, 0.15) is 18.4 Å². The van der Waals surface area contributed by atoms with E-state index < -0.39 is 15.8 Å². The Hall–Kier alpha value is -1.02. The predicted molar refractivity (Wildman–Crippen MR) is 77.7 cm³/mol. The molecule has 1 aliphatic heterocycles. The topological polar surface area (TPSA) is 72.6 Å². The summed E-state index contributed by atoms with van der Waals surface area (Å²) in [5.41, 5.74) is 5.63. The van der Waals surface area contributed by atoms with E-state index in [0.29, 0.717) is 25.7 Å². The van der Waals surface area contributed by atoms with Gasteiger partial charge in [0.1, 0.15) is 5.82 Å². The Bertz CT molecular complexity index is 586. The van der Waals surface area contributed by atoms with E-state index in [0.717, 1.165) is 18.9 Å². The van der Waals surface area contributed by atoms with Crippen molar-refractivity contribution in [1.82, 2.24) is 4.31 Å². The van der Waals surface area contributed by atoms with Crippen LogP contribution >= 0.6 is 0 Å². The average molecular weight is 316 g/mol. The Morgan fingerprint density at radius 1 is 1.38 bits per heavy atom. The van der Waals surface area contributed by atoms with Gasteiger partial charge in [-0.3, -0.25) is 0 Å². The number of nitrogens with two attached hydrogens (primary N) is 1. The van der Waals surface area contributed by atoms with Crippen molar-refractivity contribution in [2.75, 3.05) is 26.8 Å². The molecule has 1 aromatic carbocycles. The van der Waals surface area contributed by atoms with Crippen molar-refractivity contribution < 1.29 is 17.5 Å². The molecule has 2 N–H and O–H groups in total. The SMILES string of the molecule is CN(CC1CCOCC1)S(=O)(=O)c1ccc(F)c(CN)c1. The summed E-state index contributed by atoms with van der Waals surface area (Å²) in [6.45, 7) is 1.76. The molecule has 1 saturated heterocycles. The Kier molecular flexibility index (Phi) is 5.32. The van der Waals surface area contributed by atoms with E-state index in [1.54, 1.807) is 7.05 Å². The van der Waals surface area contributed by atoms with Crippen molar-refractivity contribution >= 4 is 10.0 Å². The minimum Gasteiger partial charge on any atom is -0.381 e. The van der Waals surface area contributed by atoms with Gasteiger partial charge in [0.25, 0.3) is 0 Å². The molecule has 0 spiro atoms. The first-order chi connectivity index (χ1) is 9.95. The van der Waals surface area contributed by atoms with Crippen molar-refractivity contribution in [3.63, 3.8) is 0 Å². The van der Waals surface area contributed by atoms with Crippen LogP contribution in [0.4, 0.5) is 4.39 Å². The number of halogens is 1. The number of benzene rings is 1. The van der Waals surface area contributed by atoms with Crippen LogP contribution < -0.4 is 5.73 Å². The normalized spacial score (nSPS) is 17.3. The number of ether oxygens (including phenoxy) is 1. The third-order valence-electron chi connectivity index (χ3n) is 3.80. The average Bonchev–Trinajstić information content (AvgIpc) is 2.48. The van der Waals surface area contributed by atoms with Gasteiger partial charge >= 0.3 is 0 Å². The van der Waals surface area contributed by atoms with Crippen molar-refractivity contribution in [2.45, 2.75) is 24.3 Å². The third kappa shape index (κ3) is 3.79. The van der Waals surface area contributed by atoms with Gasteiger partial charge in [-0.05, 0) is 37.0 Å². The van der Waals surface area contributed by atoms with E-state index in [2.05, 4.69) is 0 Å². The summed E-state index contributed by atoms with van der Waals surface area (Å²) in [6, 6.07) is 3.74. The van der Waals surface area contributed by atoms with Gasteiger partial charge in [0.2, 0.25) is 10.0 Å². The van der Waals surface area contributed by atoms with Crippen LogP contribution in [-0.4, -0.2) is 39.5 Å². The molecule has 0 aromatic heterocycles. The van der Waals surface area contributed by atoms with E-state index >= 15 is 0 Å². The summed E-state index contributed by atoms with van der Waals surface area (Å²) in [7, 11) is -2.07. The summed E-state index contributed by atoms with van der Waals surface area (Å²) in [5.74, 6) is -0.184. The first-order valence-electron chi connectivity index (χ1n) is 6.97. The number of hydrogen-bond acceptors (Lipinski definition) is 4. The lowest BCUT2D eigenvalue weighted by Gasteiger charge is -2.26. The maximum atomic E-state index is 13.4. The zero-order valence-electron chi connectivity index (χ0n) is 12.1. The van der Waals surface area contributed by atoms with Crippen LogP contribution in [0, 0.1) is 11.7 Å². The van der Waals surface area contributed by atoms with Crippen LogP contribution in [0.15, 0.2) is 23.1 Å². The molecule has 1 heterocycles. The molecular formula is C14H21FN2O3S. The molecule has 0 radical (unpaired) electrons. The van der Waals surface area contributed by atoms with E-state index in [1.807, 2.05) is 0 Å². The summed E-state index contributed by atoms with van der Waals surface area (Å²) in [6.07, 6.45) is 1.72. The van der Waals surface area contributed by atoms with Crippen molar-refractivity contribution in [3.8, 4) is 0 Å². The number of sulfonamides is 1. The molecule has 0 aliphatic carbocycles. The number of rotatable bonds is 5. The highest BCUT2D eigenvalue weighted by Crippen LogP contribution is 2.22. The summed E-state index contributed by atoms with van der Waals surface area (Å²) in [4.78, 5) is 0.0823. The molecule has 21 heavy (non-hydrogen) atoms. The van der Waals surface area contributed by atoms with Crippen LogP contribution in [0.25, 0.3) is 0 Å². The van der Waals surface area contributed by atoms with Crippen LogP contribution in [0.5, 0.6) is 0 Å². The summed E-state index contributed by atoms with van der Waals surface area (Å²) < 4.78 is 45.1. The first-order valence-corrected chi connectivity index (χ1v) is 8.41. The fraction of sp³-hybridized carbons (Fsp3) is 0.571. The van der Waals surface area contributed by atoms with Crippen molar-refractivity contribution in [1.29, 1.82) is 0 Å². The summed E-state index contributed by atoms with van der Waals surface area (Å²) >= 11 is 0. The minimum absolute atomic E-state index is 0.0289. The summed E-state index contributed by atoms with van der Waals surface area (Å²) in [5, 5.41) is 0. The quantitative estimate of drug-likeness (QED) is 0.889. The lowest BCUT2D eigenvalue weighted by Crippen LogP contribution is -2.34. The molecule has 1 fully saturated rings. The van der Waals surface area contributed by atoms with Gasteiger partial charge in [0.05, 0.1) is 4.90 Å². The molecule has 0 amide bonds. The zero-order valence-corrected chi connectivity index (χ0v) is 12.9. The highest BCUT2D eigenvalue weighted by molar-refractivity contribution is 7.89. The third-order valence-corrected chi connectivity index (χ3v) is 5.62. The van der Waals surface area contributed by atoms with Crippen molar-refractivity contribution in [2.24, 2.45) is 11.7 Å². The molecule has 0 atom stereocenters. The standard InChI is InChI=1S/C14H21FN2O3S/c1-17(10-11-4-6-20-7-5-11)21(18,19)13-2-3-14(15)12(8-13)9-16/h2-3,8,11H,4-7,9-10,16H2,1H3. The molecule has 0 bridgehead atoms. The second-order valence-electron chi connectivity index (χ2n) is 5.30. The van der Waals surface area contributed by atoms with E-state index in [-0.39, 0.29) is 17.0 Å². The van der Waals surface area contributed by atoms with Gasteiger partial charge in [-0.25, -0.2) is 17.1 Å². The second-order valence-corrected chi connectivity index (χ2v) is 7.34. The van der Waals surface area contributed by atoms with Gasteiger partial charge in [-0.1, -0.05) is 0 Å². The maximum Gasteiger partial charge on any atom is 0.242 e. The molecule has 1 aromatic rings. The van der Waals surface area contributed by atoms with Crippen LogP contribution in [0.2, 0.25) is 0 Å². The molecule has 7 heteroatoms. The monoisotopic (exact) mass is 316 g/mol. The highest BCUT2D eigenvalue weighted by atomic mass is 32.2. The fourth-order valence-electron chi connectivity index (χ4n) is 2.44. The Morgan fingerprint density at radius 2 is 2.05 bits per heavy atom. The van der Waals surface area contributed by atoms with Gasteiger partial charge < -0.3 is 10.5 Å². The van der Waals surface area contributed by atoms with Crippen LogP contribution in [-0.2, 0) is 21.3 Å². The van der Waals surface area contributed by atoms with Crippen molar-refractivity contribution in [3.05, 3.63) is 29.6 Å². The largest absolute Gasteiger partial charge is 0.381 e. The Balaban J connectivity index is 2.16. The molecule has 118 valence electrons. The molecule has 0 saturated carbocycles. The van der Waals surface area contributed by atoms with E-state index in [4.69, 9.17) is 10.5 Å². The lowest BCUT2D eigenvalue weighted by atomic mass is 10.0. The van der Waals surface area contributed by atoms with E-state index in [9.17, 15) is 12.8 Å². The predicted octanol–water partition coefficient (Wildman–Crippen LogP) is 1.33. The van der Waals surface area contributed by atoms with Gasteiger partial charge in [-0.2, -0.15) is 0 Å². The van der Waals surface area contributed by atoms with Crippen LogP contribution in [0.3, 0.4) is 0 Å². The zero-order chi connectivity index (χ0) is 15.5. The first kappa shape index (κ1) is 16.4. The molecule has 2 rings (SSSR count). The molecular weight excluding hydrogens is 295 g/mol. The Morgan fingerprint density at radius 3 is 2.67 bits per heavy atom. The van der Waals surface area contributed by atoms with Gasteiger partial charge in [0, 0.05) is 38.9 Å². The highest BCUT2D eigenvalue weighted by Gasteiger charge is 2.25. The minimum atomic E-state index is -3.62. The fourth-order valence-corrected chi connectivity index (χ4v) is 3.74. The number of hydrogen-bond donors (Lipinski definition) is 1. The van der Waals surface area contributed by atoms with E-state index in [1.165, 1.54) is 16.4 Å². The number of nitrogens with zero attached hydrogens (tertiary/aromatic N) is 1. The van der Waals surface area contributed by atoms with Gasteiger partial charge in [0.15, 0.2) is 0 Å². The second kappa shape index (κ2) is 6.83. The smallest absolute Gasteiger partial charge is 0.242 e. The molecule has 5 nitrogen and oxygen atoms in total.